The monoisotopic (exact) mass is 295 g/mol. The van der Waals surface area contributed by atoms with Crippen molar-refractivity contribution in [1.82, 2.24) is 5.32 Å². The van der Waals surface area contributed by atoms with Crippen LogP contribution in [0.15, 0.2) is 45.5 Å². The Hall–Kier alpha value is -1.26. The van der Waals surface area contributed by atoms with E-state index in [1.165, 1.54) is 0 Å². The van der Waals surface area contributed by atoms with Gasteiger partial charge in [0, 0.05) is 4.47 Å². The van der Waals surface area contributed by atoms with Gasteiger partial charge in [0.25, 0.3) is 0 Å². The number of nitrogens with one attached hydrogen (secondary N) is 1. The molecule has 2 aromatic rings. The van der Waals surface area contributed by atoms with Crippen LogP contribution in [-0.4, -0.2) is 14.2 Å². The summed E-state index contributed by atoms with van der Waals surface area (Å²) in [7, 11) is 3.56. The van der Waals surface area contributed by atoms with Crippen LogP contribution in [0.25, 0.3) is 0 Å². The first kappa shape index (κ1) is 12.2. The van der Waals surface area contributed by atoms with Crippen LogP contribution in [0.5, 0.6) is 5.75 Å². The number of halogens is 1. The number of furan rings is 1. The molecule has 0 amide bonds. The van der Waals surface area contributed by atoms with Gasteiger partial charge in [0.15, 0.2) is 0 Å². The average Bonchev–Trinajstić information content (AvgIpc) is 2.85. The molecule has 0 aliphatic carbocycles. The van der Waals surface area contributed by atoms with Crippen molar-refractivity contribution in [2.24, 2.45) is 0 Å². The van der Waals surface area contributed by atoms with Gasteiger partial charge in [0.05, 0.1) is 19.4 Å². The van der Waals surface area contributed by atoms with E-state index in [1.54, 1.807) is 13.4 Å². The van der Waals surface area contributed by atoms with Crippen molar-refractivity contribution in [3.8, 4) is 5.75 Å². The molecule has 0 saturated carbocycles. The van der Waals surface area contributed by atoms with E-state index in [0.717, 1.165) is 21.5 Å². The van der Waals surface area contributed by atoms with Crippen molar-refractivity contribution >= 4 is 15.9 Å². The average molecular weight is 296 g/mol. The van der Waals surface area contributed by atoms with Gasteiger partial charge in [-0.2, -0.15) is 0 Å². The molecule has 0 aliphatic heterocycles. The molecule has 0 aliphatic rings. The molecular weight excluding hydrogens is 282 g/mol. The van der Waals surface area contributed by atoms with E-state index < -0.39 is 0 Å². The number of hydrogen-bond donors (Lipinski definition) is 1. The topological polar surface area (TPSA) is 34.4 Å². The van der Waals surface area contributed by atoms with Crippen molar-refractivity contribution in [3.05, 3.63) is 52.4 Å². The molecule has 1 heterocycles. The Labute approximate surface area is 109 Å². The highest BCUT2D eigenvalue weighted by atomic mass is 79.9. The summed E-state index contributed by atoms with van der Waals surface area (Å²) in [6.07, 6.45) is 1.68. The van der Waals surface area contributed by atoms with E-state index in [1.807, 2.05) is 37.4 Å². The van der Waals surface area contributed by atoms with Crippen molar-refractivity contribution in [1.29, 1.82) is 0 Å². The number of methoxy groups -OCH3 is 1. The van der Waals surface area contributed by atoms with Crippen molar-refractivity contribution in [3.63, 3.8) is 0 Å². The lowest BCUT2D eigenvalue weighted by atomic mass is 10.0. The van der Waals surface area contributed by atoms with Gasteiger partial charge in [0.1, 0.15) is 11.5 Å². The minimum absolute atomic E-state index is 0.0327. The van der Waals surface area contributed by atoms with Crippen LogP contribution < -0.4 is 10.1 Å². The molecule has 0 bridgehead atoms. The maximum absolute atomic E-state index is 5.44. The van der Waals surface area contributed by atoms with Gasteiger partial charge in [-0.25, -0.2) is 0 Å². The predicted octanol–water partition coefficient (Wildman–Crippen LogP) is 3.36. The zero-order chi connectivity index (χ0) is 12.3. The van der Waals surface area contributed by atoms with E-state index >= 15 is 0 Å². The number of benzene rings is 1. The minimum Gasteiger partial charge on any atom is -0.497 e. The quantitative estimate of drug-likeness (QED) is 0.939. The summed E-state index contributed by atoms with van der Waals surface area (Å²) >= 11 is 3.55. The molecule has 2 rings (SSSR count). The fraction of sp³-hybridized carbons (Fsp3) is 0.231. The van der Waals surface area contributed by atoms with Gasteiger partial charge < -0.3 is 14.5 Å². The van der Waals surface area contributed by atoms with Gasteiger partial charge in [-0.05, 0) is 36.9 Å². The third-order valence-electron chi connectivity index (χ3n) is 2.63. The highest BCUT2D eigenvalue weighted by Crippen LogP contribution is 2.31. The molecule has 1 aromatic heterocycles. The van der Waals surface area contributed by atoms with Gasteiger partial charge in [-0.15, -0.1) is 0 Å². The van der Waals surface area contributed by atoms with Crippen LogP contribution in [0.3, 0.4) is 0 Å². The second-order valence-corrected chi connectivity index (χ2v) is 4.48. The second-order valence-electron chi connectivity index (χ2n) is 3.62. The van der Waals surface area contributed by atoms with Crippen LogP contribution in [-0.2, 0) is 0 Å². The molecule has 0 saturated heterocycles. The molecule has 1 atom stereocenters. The maximum atomic E-state index is 5.44. The maximum Gasteiger partial charge on any atom is 0.125 e. The Balaban J connectivity index is 2.38. The molecule has 1 aromatic carbocycles. The van der Waals surface area contributed by atoms with Crippen molar-refractivity contribution in [2.75, 3.05) is 14.2 Å². The van der Waals surface area contributed by atoms with Crippen molar-refractivity contribution < 1.29 is 9.15 Å². The molecule has 17 heavy (non-hydrogen) atoms. The summed E-state index contributed by atoms with van der Waals surface area (Å²) in [4.78, 5) is 0. The van der Waals surface area contributed by atoms with Gasteiger partial charge in [0.2, 0.25) is 0 Å². The summed E-state index contributed by atoms with van der Waals surface area (Å²) in [6.45, 7) is 0. The lowest BCUT2D eigenvalue weighted by Gasteiger charge is -2.16. The molecular formula is C13H14BrNO2. The lowest BCUT2D eigenvalue weighted by Crippen LogP contribution is -2.17. The Morgan fingerprint density at radius 1 is 1.35 bits per heavy atom. The van der Waals surface area contributed by atoms with Crippen LogP contribution in [0, 0.1) is 0 Å². The molecule has 0 radical (unpaired) electrons. The van der Waals surface area contributed by atoms with E-state index in [9.17, 15) is 0 Å². The summed E-state index contributed by atoms with van der Waals surface area (Å²) in [5.74, 6) is 1.72. The zero-order valence-electron chi connectivity index (χ0n) is 9.74. The summed E-state index contributed by atoms with van der Waals surface area (Å²) in [5.41, 5.74) is 1.11. The second kappa shape index (κ2) is 5.38. The van der Waals surface area contributed by atoms with E-state index in [-0.39, 0.29) is 6.04 Å². The SMILES string of the molecule is CNC(c1ccco1)c1ccc(OC)cc1Br. The predicted molar refractivity (Wildman–Crippen MR) is 70.3 cm³/mol. The van der Waals surface area contributed by atoms with Crippen LogP contribution in [0.4, 0.5) is 0 Å². The Kier molecular flexibility index (Phi) is 3.86. The molecule has 1 N–H and O–H groups in total. The molecule has 1 unspecified atom stereocenters. The van der Waals surface area contributed by atoms with Crippen LogP contribution in [0.2, 0.25) is 0 Å². The molecule has 4 heteroatoms. The summed E-state index contributed by atoms with van der Waals surface area (Å²) in [5, 5.41) is 3.23. The van der Waals surface area contributed by atoms with Gasteiger partial charge >= 0.3 is 0 Å². The fourth-order valence-electron chi connectivity index (χ4n) is 1.78. The Morgan fingerprint density at radius 3 is 2.71 bits per heavy atom. The van der Waals surface area contributed by atoms with E-state index in [4.69, 9.17) is 9.15 Å². The third-order valence-corrected chi connectivity index (χ3v) is 3.32. The first-order valence-corrected chi connectivity index (χ1v) is 6.09. The minimum atomic E-state index is 0.0327. The lowest BCUT2D eigenvalue weighted by molar-refractivity contribution is 0.413. The van der Waals surface area contributed by atoms with E-state index in [0.29, 0.717) is 0 Å². The molecule has 3 nitrogen and oxygen atoms in total. The Morgan fingerprint density at radius 2 is 2.18 bits per heavy atom. The van der Waals surface area contributed by atoms with E-state index in [2.05, 4.69) is 21.2 Å². The smallest absolute Gasteiger partial charge is 0.125 e. The number of hydrogen-bond acceptors (Lipinski definition) is 3. The highest BCUT2D eigenvalue weighted by Gasteiger charge is 2.17. The van der Waals surface area contributed by atoms with Crippen LogP contribution >= 0.6 is 15.9 Å². The molecule has 0 spiro atoms. The van der Waals surface area contributed by atoms with Crippen LogP contribution in [0.1, 0.15) is 17.4 Å². The molecule has 90 valence electrons. The highest BCUT2D eigenvalue weighted by molar-refractivity contribution is 9.10. The summed E-state index contributed by atoms with van der Waals surface area (Å²) in [6, 6.07) is 9.78. The zero-order valence-corrected chi connectivity index (χ0v) is 11.3. The normalized spacial score (nSPS) is 12.4. The van der Waals surface area contributed by atoms with Gasteiger partial charge in [-0.3, -0.25) is 0 Å². The van der Waals surface area contributed by atoms with Gasteiger partial charge in [-0.1, -0.05) is 22.0 Å². The molecule has 0 fully saturated rings. The third kappa shape index (κ3) is 2.53. The summed E-state index contributed by atoms with van der Waals surface area (Å²) < 4.78 is 11.6. The van der Waals surface area contributed by atoms with Crippen molar-refractivity contribution in [2.45, 2.75) is 6.04 Å². The largest absolute Gasteiger partial charge is 0.497 e. The number of rotatable bonds is 4. The Bertz CT molecular complexity index is 482. The fourth-order valence-corrected chi connectivity index (χ4v) is 2.36. The number of ether oxygens (including phenoxy) is 1. The first-order valence-electron chi connectivity index (χ1n) is 5.30. The standard InChI is InChI=1S/C13H14BrNO2/c1-15-13(12-4-3-7-17-12)10-6-5-9(16-2)8-11(10)14/h3-8,13,15H,1-2H3. The first-order chi connectivity index (χ1) is 8.26.